The minimum absolute atomic E-state index is 0.105. The summed E-state index contributed by atoms with van der Waals surface area (Å²) in [5.74, 6) is -6.37. The van der Waals surface area contributed by atoms with Gasteiger partial charge in [-0.05, 0) is 30.9 Å². The van der Waals surface area contributed by atoms with Crippen molar-refractivity contribution >= 4 is 74.1 Å². The summed E-state index contributed by atoms with van der Waals surface area (Å²) in [6.07, 6.45) is 1.63. The molecule has 2 heterocycles. The Balaban J connectivity index is 1.54. The Kier molecular flexibility index (Phi) is 7.21. The van der Waals surface area contributed by atoms with Gasteiger partial charge >= 0.3 is 0 Å². The van der Waals surface area contributed by atoms with E-state index < -0.39 is 62.0 Å². The highest BCUT2D eigenvalue weighted by molar-refractivity contribution is 9.09. The number of fused-ring (bicyclic) bond motifs is 4. The number of methoxy groups -OCH3 is 2. The van der Waals surface area contributed by atoms with E-state index in [2.05, 4.69) is 15.9 Å². The number of likely N-dealkylation sites (tertiary alicyclic amines) is 1. The molecule has 4 aliphatic rings. The van der Waals surface area contributed by atoms with Crippen molar-refractivity contribution in [3.05, 3.63) is 63.7 Å². The first-order valence-electron chi connectivity index (χ1n) is 13.4. The predicted octanol–water partition coefficient (Wildman–Crippen LogP) is 4.23. The molecule has 2 aliphatic heterocycles. The normalized spacial score (nSPS) is 31.0. The van der Waals surface area contributed by atoms with Crippen molar-refractivity contribution in [3.63, 3.8) is 0 Å². The number of nitro benzene ring substituents is 1. The van der Waals surface area contributed by atoms with E-state index in [-0.39, 0.29) is 52.5 Å². The molecule has 0 spiro atoms. The number of alkyl halides is 3. The highest BCUT2D eigenvalue weighted by Gasteiger charge is 2.76. The zero-order valence-electron chi connectivity index (χ0n) is 23.2. The number of hydrogen-bond acceptors (Lipinski definition) is 9. The van der Waals surface area contributed by atoms with Gasteiger partial charge in [-0.25, -0.2) is 0 Å². The van der Waals surface area contributed by atoms with Crippen LogP contribution >= 0.6 is 39.1 Å². The van der Waals surface area contributed by atoms with Gasteiger partial charge < -0.3 is 14.6 Å². The van der Waals surface area contributed by atoms with Gasteiger partial charge in [-0.15, -0.1) is 23.2 Å². The largest absolute Gasteiger partial charge is 0.508 e. The molecule has 0 aromatic heterocycles. The van der Waals surface area contributed by atoms with Gasteiger partial charge in [-0.3, -0.25) is 39.1 Å². The molecular formula is C29H24BrCl2N3O9. The number of anilines is 1. The number of imide groups is 2. The Hall–Kier alpha value is -3.68. The van der Waals surface area contributed by atoms with Crippen molar-refractivity contribution in [2.45, 2.75) is 28.5 Å². The van der Waals surface area contributed by atoms with Crippen LogP contribution in [0.2, 0.25) is 0 Å². The van der Waals surface area contributed by atoms with E-state index in [1.165, 1.54) is 50.6 Å². The van der Waals surface area contributed by atoms with E-state index in [9.17, 15) is 34.4 Å². The molecule has 4 amide bonds. The van der Waals surface area contributed by atoms with E-state index in [1.54, 1.807) is 6.08 Å². The molecule has 2 aromatic rings. The maximum atomic E-state index is 14.1. The zero-order valence-corrected chi connectivity index (χ0v) is 26.3. The van der Waals surface area contributed by atoms with Crippen molar-refractivity contribution in [1.82, 2.24) is 4.90 Å². The van der Waals surface area contributed by atoms with Gasteiger partial charge in [0.25, 0.3) is 17.5 Å². The van der Waals surface area contributed by atoms with Crippen molar-refractivity contribution in [2.75, 3.05) is 24.6 Å². The number of halogens is 3. The van der Waals surface area contributed by atoms with Crippen LogP contribution in [-0.4, -0.2) is 68.0 Å². The van der Waals surface area contributed by atoms with E-state index in [1.807, 2.05) is 0 Å². The first-order chi connectivity index (χ1) is 20.8. The van der Waals surface area contributed by atoms with Crippen LogP contribution in [0, 0.1) is 27.9 Å². The second-order valence-corrected chi connectivity index (χ2v) is 12.8. The van der Waals surface area contributed by atoms with Gasteiger partial charge in [-0.2, -0.15) is 0 Å². The number of aromatic hydroxyl groups is 1. The third-order valence-corrected chi connectivity index (χ3v) is 11.1. The predicted molar refractivity (Wildman–Crippen MR) is 160 cm³/mol. The Bertz CT molecular complexity index is 1660. The van der Waals surface area contributed by atoms with E-state index in [4.69, 9.17) is 32.7 Å². The summed E-state index contributed by atoms with van der Waals surface area (Å²) in [4.78, 5) is 64.0. The number of nitro groups is 1. The molecule has 6 rings (SSSR count). The summed E-state index contributed by atoms with van der Waals surface area (Å²) in [6, 6.07) is 7.69. The zero-order chi connectivity index (χ0) is 31.9. The monoisotopic (exact) mass is 707 g/mol. The molecule has 12 nitrogen and oxygen atoms in total. The third kappa shape index (κ3) is 3.88. The van der Waals surface area contributed by atoms with Gasteiger partial charge in [-0.1, -0.05) is 27.6 Å². The van der Waals surface area contributed by atoms with Gasteiger partial charge in [0.1, 0.15) is 17.2 Å². The molecule has 44 heavy (non-hydrogen) atoms. The summed E-state index contributed by atoms with van der Waals surface area (Å²) >= 11 is 17.7. The number of amides is 4. The van der Waals surface area contributed by atoms with E-state index in [0.717, 1.165) is 9.80 Å². The smallest absolute Gasteiger partial charge is 0.269 e. The van der Waals surface area contributed by atoms with Crippen LogP contribution in [0.4, 0.5) is 11.4 Å². The third-order valence-electron chi connectivity index (χ3n) is 9.15. The van der Waals surface area contributed by atoms with Crippen LogP contribution in [0.25, 0.3) is 0 Å². The summed E-state index contributed by atoms with van der Waals surface area (Å²) in [6.45, 7) is 0. The van der Waals surface area contributed by atoms with Crippen LogP contribution in [0.5, 0.6) is 17.2 Å². The molecule has 2 aliphatic carbocycles. The molecule has 0 radical (unpaired) electrons. The highest BCUT2D eigenvalue weighted by Crippen LogP contribution is 2.67. The Morgan fingerprint density at radius 1 is 1.02 bits per heavy atom. The molecule has 15 heteroatoms. The van der Waals surface area contributed by atoms with Gasteiger partial charge in [0.2, 0.25) is 11.8 Å². The minimum atomic E-state index is -2.10. The summed E-state index contributed by atoms with van der Waals surface area (Å²) in [7, 11) is 2.71. The first-order valence-corrected chi connectivity index (χ1v) is 15.3. The number of carbonyl (C=O) groups is 4. The minimum Gasteiger partial charge on any atom is -0.508 e. The number of benzene rings is 2. The second-order valence-electron chi connectivity index (χ2n) is 11.0. The fourth-order valence-corrected chi connectivity index (χ4v) is 8.67. The quantitative estimate of drug-likeness (QED) is 0.116. The van der Waals surface area contributed by atoms with Crippen molar-refractivity contribution in [1.29, 1.82) is 0 Å². The van der Waals surface area contributed by atoms with E-state index in [0.29, 0.717) is 5.57 Å². The summed E-state index contributed by atoms with van der Waals surface area (Å²) in [5, 5.41) is 21.5. The molecule has 2 saturated heterocycles. The highest BCUT2D eigenvalue weighted by atomic mass is 79.9. The number of allylic oxidation sites excluding steroid dienone is 2. The Morgan fingerprint density at radius 3 is 2.18 bits per heavy atom. The molecular weight excluding hydrogens is 685 g/mol. The molecule has 6 atom stereocenters. The Labute approximate surface area is 268 Å². The van der Waals surface area contributed by atoms with Crippen LogP contribution in [0.1, 0.15) is 24.3 Å². The molecule has 3 fully saturated rings. The maximum Gasteiger partial charge on any atom is 0.269 e. The Morgan fingerprint density at radius 2 is 1.64 bits per heavy atom. The van der Waals surface area contributed by atoms with E-state index >= 15 is 0 Å². The lowest BCUT2D eigenvalue weighted by atomic mass is 9.56. The lowest BCUT2D eigenvalue weighted by molar-refractivity contribution is -0.384. The lowest BCUT2D eigenvalue weighted by Crippen LogP contribution is -2.60. The molecule has 1 saturated carbocycles. The van der Waals surface area contributed by atoms with Gasteiger partial charge in [0.05, 0.1) is 42.1 Å². The molecule has 2 aromatic carbocycles. The number of nitrogens with zero attached hydrogens (tertiary/aromatic N) is 3. The number of carbonyl (C=O) groups excluding carboxylic acids is 4. The van der Waals surface area contributed by atoms with Crippen molar-refractivity contribution in [3.8, 4) is 17.2 Å². The summed E-state index contributed by atoms with van der Waals surface area (Å²) < 4.78 is 11.2. The van der Waals surface area contributed by atoms with Crippen LogP contribution in [-0.2, 0) is 19.2 Å². The molecule has 0 bridgehead atoms. The standard InChI is InChI=1S/C29H24BrCl2N3O9/c1-43-19-9-15(36)10-20(44-2)22(19)23-16-7-8-17-21(18(16)11-28(31)26(39)33(12-30)27(40)29(23,28)32)25(38)34(24(17)37)13-3-5-14(6-4-13)35(41)42/h3-7,9-10,17-18,21,23,36H,8,11-12H2,1-2H3/t17-,18+,21-,23+,28+,29-/m0/s1. The number of hydrogen-bond donors (Lipinski definition) is 1. The molecule has 0 unspecified atom stereocenters. The number of phenolic OH excluding ortho intramolecular Hbond substituents is 1. The number of non-ortho nitro benzene ring substituents is 1. The maximum absolute atomic E-state index is 14.1. The molecule has 230 valence electrons. The van der Waals surface area contributed by atoms with Crippen LogP contribution < -0.4 is 14.4 Å². The van der Waals surface area contributed by atoms with Crippen LogP contribution in [0.15, 0.2) is 48.0 Å². The number of ether oxygens (including phenoxy) is 2. The fraction of sp³-hybridized carbons (Fsp3) is 0.379. The number of rotatable bonds is 6. The fourth-order valence-electron chi connectivity index (χ4n) is 7.26. The first kappa shape index (κ1) is 30.4. The van der Waals surface area contributed by atoms with Crippen molar-refractivity contribution < 1.29 is 38.7 Å². The van der Waals surface area contributed by atoms with Crippen molar-refractivity contribution in [2.24, 2.45) is 17.8 Å². The van der Waals surface area contributed by atoms with Crippen LogP contribution in [0.3, 0.4) is 0 Å². The topological polar surface area (TPSA) is 157 Å². The molecule has 1 N–H and O–H groups in total. The van der Waals surface area contributed by atoms with Gasteiger partial charge in [0, 0.05) is 35.7 Å². The second kappa shape index (κ2) is 10.5. The number of phenols is 1. The average molecular weight is 709 g/mol. The SMILES string of the molecule is COc1cc(O)cc(OC)c1[C@H]1C2=CC[C@@H]3C(=O)N(c4ccc([N+](=O)[O-])cc4)C(=O)[C@@H]3[C@@H]2C[C@@]2(Cl)C(=O)N(CBr)C(=O)[C@@]12Cl. The van der Waals surface area contributed by atoms with Gasteiger partial charge in [0.15, 0.2) is 9.75 Å². The average Bonchev–Trinajstić information content (AvgIpc) is 3.34. The summed E-state index contributed by atoms with van der Waals surface area (Å²) in [5.41, 5.74) is 0.517. The lowest BCUT2D eigenvalue weighted by Gasteiger charge is -2.51.